The topological polar surface area (TPSA) is 55.1 Å². The van der Waals surface area contributed by atoms with E-state index in [-0.39, 0.29) is 24.2 Å². The van der Waals surface area contributed by atoms with E-state index in [1.807, 2.05) is 19.9 Å². The minimum atomic E-state index is -0.411. The summed E-state index contributed by atoms with van der Waals surface area (Å²) in [4.78, 5) is 14.0. The molecule has 0 bridgehead atoms. The van der Waals surface area contributed by atoms with Gasteiger partial charge in [-0.1, -0.05) is 13.8 Å². The summed E-state index contributed by atoms with van der Waals surface area (Å²) >= 11 is 1.69. The minimum Gasteiger partial charge on any atom is -0.350 e. The number of carbonyl (C=O) groups is 1. The second-order valence-corrected chi connectivity index (χ2v) is 5.37. The molecule has 92 valence electrons. The van der Waals surface area contributed by atoms with Gasteiger partial charge in [-0.05, 0) is 25.0 Å². The quantitative estimate of drug-likeness (QED) is 0.873. The summed E-state index contributed by atoms with van der Waals surface area (Å²) in [6, 6.07) is 3.67. The van der Waals surface area contributed by atoms with Crippen LogP contribution in [-0.2, 0) is 11.3 Å². The van der Waals surface area contributed by atoms with Gasteiger partial charge in [0.25, 0.3) is 0 Å². The summed E-state index contributed by atoms with van der Waals surface area (Å²) < 4.78 is 0. The molecule has 1 heterocycles. The molecule has 5 heteroatoms. The molecule has 1 aromatic rings. The van der Waals surface area contributed by atoms with Crippen molar-refractivity contribution < 1.29 is 4.79 Å². The Morgan fingerprint density at radius 1 is 1.50 bits per heavy atom. The molecule has 0 radical (unpaired) electrons. The van der Waals surface area contributed by atoms with Crippen LogP contribution in [0.5, 0.6) is 0 Å². The van der Waals surface area contributed by atoms with Crippen LogP contribution < -0.4 is 11.1 Å². The number of nitrogens with two attached hydrogens (primary N) is 1. The third-order valence-electron chi connectivity index (χ3n) is 2.25. The van der Waals surface area contributed by atoms with Crippen LogP contribution in [0.1, 0.15) is 23.6 Å². The molecule has 1 unspecified atom stereocenters. The fourth-order valence-corrected chi connectivity index (χ4v) is 2.01. The Morgan fingerprint density at radius 2 is 2.12 bits per heavy atom. The lowest BCUT2D eigenvalue weighted by Gasteiger charge is -2.14. The molecular weight excluding hydrogens is 244 g/mol. The van der Waals surface area contributed by atoms with Gasteiger partial charge in [-0.15, -0.1) is 23.7 Å². The van der Waals surface area contributed by atoms with Gasteiger partial charge in [0, 0.05) is 9.75 Å². The van der Waals surface area contributed by atoms with E-state index in [1.54, 1.807) is 11.3 Å². The molecule has 1 amide bonds. The zero-order chi connectivity index (χ0) is 11.4. The lowest BCUT2D eigenvalue weighted by atomic mass is 10.1. The number of amides is 1. The summed E-state index contributed by atoms with van der Waals surface area (Å²) in [6.07, 6.45) is 0. The Hall–Kier alpha value is -0.580. The Balaban J connectivity index is 0.00000225. The van der Waals surface area contributed by atoms with E-state index < -0.39 is 6.04 Å². The second kappa shape index (κ2) is 6.89. The van der Waals surface area contributed by atoms with Crippen molar-refractivity contribution in [3.8, 4) is 0 Å². The standard InChI is InChI=1S/C11H18N2OS.ClH/c1-7(2)10(12)11(14)13-6-9-5-4-8(3)15-9;/h4-5,7,10H,6,12H2,1-3H3,(H,13,14);1H. The molecule has 0 aliphatic heterocycles. The van der Waals surface area contributed by atoms with Gasteiger partial charge >= 0.3 is 0 Å². The van der Waals surface area contributed by atoms with Crippen molar-refractivity contribution in [2.24, 2.45) is 11.7 Å². The molecule has 0 fully saturated rings. The number of thiophene rings is 1. The molecule has 0 aromatic carbocycles. The molecule has 1 atom stereocenters. The van der Waals surface area contributed by atoms with Gasteiger partial charge in [0.15, 0.2) is 0 Å². The highest BCUT2D eigenvalue weighted by Crippen LogP contribution is 2.14. The number of hydrogen-bond donors (Lipinski definition) is 2. The number of hydrogen-bond acceptors (Lipinski definition) is 3. The number of aryl methyl sites for hydroxylation is 1. The third-order valence-corrected chi connectivity index (χ3v) is 3.25. The molecule has 3 N–H and O–H groups in total. The first-order valence-corrected chi connectivity index (χ1v) is 5.91. The molecule has 0 spiro atoms. The van der Waals surface area contributed by atoms with Gasteiger partial charge < -0.3 is 11.1 Å². The summed E-state index contributed by atoms with van der Waals surface area (Å²) in [7, 11) is 0. The summed E-state index contributed by atoms with van der Waals surface area (Å²) in [5.74, 6) is 0.103. The third kappa shape index (κ3) is 4.51. The van der Waals surface area contributed by atoms with E-state index in [0.717, 1.165) is 4.88 Å². The zero-order valence-corrected chi connectivity index (χ0v) is 11.5. The van der Waals surface area contributed by atoms with Crippen molar-refractivity contribution in [3.63, 3.8) is 0 Å². The Bertz CT molecular complexity index is 338. The average molecular weight is 263 g/mol. The van der Waals surface area contributed by atoms with Gasteiger partial charge in [0.05, 0.1) is 12.6 Å². The van der Waals surface area contributed by atoms with E-state index in [0.29, 0.717) is 6.54 Å². The molecule has 0 aliphatic rings. The van der Waals surface area contributed by atoms with Gasteiger partial charge in [-0.2, -0.15) is 0 Å². The van der Waals surface area contributed by atoms with Crippen LogP contribution in [0.15, 0.2) is 12.1 Å². The van der Waals surface area contributed by atoms with Crippen molar-refractivity contribution in [3.05, 3.63) is 21.9 Å². The van der Waals surface area contributed by atoms with Crippen LogP contribution in [0.3, 0.4) is 0 Å². The van der Waals surface area contributed by atoms with Crippen LogP contribution in [0, 0.1) is 12.8 Å². The first kappa shape index (κ1) is 15.4. The fourth-order valence-electron chi connectivity index (χ4n) is 1.17. The average Bonchev–Trinajstić information content (AvgIpc) is 2.59. The highest BCUT2D eigenvalue weighted by Gasteiger charge is 2.16. The summed E-state index contributed by atoms with van der Waals surface area (Å²) in [6.45, 7) is 6.52. The Kier molecular flexibility index (Phi) is 6.64. The molecule has 16 heavy (non-hydrogen) atoms. The van der Waals surface area contributed by atoms with Crippen molar-refractivity contribution >= 4 is 29.7 Å². The van der Waals surface area contributed by atoms with Gasteiger partial charge in [-0.3, -0.25) is 4.79 Å². The highest BCUT2D eigenvalue weighted by molar-refractivity contribution is 7.11. The molecule has 1 aromatic heterocycles. The number of carbonyl (C=O) groups excluding carboxylic acids is 1. The highest BCUT2D eigenvalue weighted by atomic mass is 35.5. The Labute approximate surface area is 107 Å². The lowest BCUT2D eigenvalue weighted by Crippen LogP contribution is -2.43. The van der Waals surface area contributed by atoms with Crippen molar-refractivity contribution in [2.45, 2.75) is 33.4 Å². The van der Waals surface area contributed by atoms with Gasteiger partial charge in [-0.25, -0.2) is 0 Å². The van der Waals surface area contributed by atoms with Crippen LogP contribution >= 0.6 is 23.7 Å². The van der Waals surface area contributed by atoms with Gasteiger partial charge in [0.1, 0.15) is 0 Å². The zero-order valence-electron chi connectivity index (χ0n) is 9.82. The SMILES string of the molecule is Cc1ccc(CNC(=O)C(N)C(C)C)s1.Cl. The second-order valence-electron chi connectivity index (χ2n) is 4.00. The summed E-state index contributed by atoms with van der Waals surface area (Å²) in [5.41, 5.74) is 5.72. The maximum atomic E-state index is 11.5. The molecule has 0 aliphatic carbocycles. The van der Waals surface area contributed by atoms with Crippen LogP contribution in [-0.4, -0.2) is 11.9 Å². The van der Waals surface area contributed by atoms with Gasteiger partial charge in [0.2, 0.25) is 5.91 Å². The van der Waals surface area contributed by atoms with Crippen molar-refractivity contribution in [1.29, 1.82) is 0 Å². The number of nitrogens with one attached hydrogen (secondary N) is 1. The molecule has 1 rings (SSSR count). The number of rotatable bonds is 4. The monoisotopic (exact) mass is 262 g/mol. The van der Waals surface area contributed by atoms with E-state index in [1.165, 1.54) is 4.88 Å². The molecule has 0 saturated carbocycles. The maximum absolute atomic E-state index is 11.5. The van der Waals surface area contributed by atoms with E-state index >= 15 is 0 Å². The molecule has 3 nitrogen and oxygen atoms in total. The number of halogens is 1. The van der Waals surface area contributed by atoms with Crippen molar-refractivity contribution in [2.75, 3.05) is 0 Å². The first-order chi connectivity index (χ1) is 7.00. The minimum absolute atomic E-state index is 0. The smallest absolute Gasteiger partial charge is 0.237 e. The normalized spacial score (nSPS) is 12.1. The fraction of sp³-hybridized carbons (Fsp3) is 0.545. The van der Waals surface area contributed by atoms with E-state index in [2.05, 4.69) is 18.3 Å². The van der Waals surface area contributed by atoms with Crippen molar-refractivity contribution in [1.82, 2.24) is 5.32 Å². The van der Waals surface area contributed by atoms with E-state index in [4.69, 9.17) is 5.73 Å². The Morgan fingerprint density at radius 3 is 2.56 bits per heavy atom. The molecular formula is C11H19ClN2OS. The first-order valence-electron chi connectivity index (χ1n) is 5.09. The molecule has 0 saturated heterocycles. The lowest BCUT2D eigenvalue weighted by molar-refractivity contribution is -0.123. The van der Waals surface area contributed by atoms with Crippen LogP contribution in [0.25, 0.3) is 0 Å². The predicted octanol–water partition coefficient (Wildman–Crippen LogP) is 2.08. The largest absolute Gasteiger partial charge is 0.350 e. The van der Waals surface area contributed by atoms with E-state index in [9.17, 15) is 4.79 Å². The van der Waals surface area contributed by atoms with Crippen LogP contribution in [0.2, 0.25) is 0 Å². The van der Waals surface area contributed by atoms with Crippen LogP contribution in [0.4, 0.5) is 0 Å². The summed E-state index contributed by atoms with van der Waals surface area (Å²) in [5, 5.41) is 2.84. The predicted molar refractivity (Wildman–Crippen MR) is 71.0 cm³/mol. The maximum Gasteiger partial charge on any atom is 0.237 e.